The number of carbonyl (C=O) groups excluding carboxylic acids is 2. The second kappa shape index (κ2) is 43.8. The maximum atomic E-state index is 12.6. The number of unbranched alkanes of at least 4 members (excludes halogenated alkanes) is 30. The Hall–Kier alpha value is -1.29. The first-order chi connectivity index (χ1) is 28.2. The molecule has 0 aromatic heterocycles. The third-order valence-corrected chi connectivity index (χ3v) is 11.6. The van der Waals surface area contributed by atoms with Gasteiger partial charge in [-0.25, -0.2) is 4.57 Å². The second-order valence-electron chi connectivity index (χ2n) is 16.5. The zero-order valence-electron chi connectivity index (χ0n) is 37.5. The molecule has 0 aliphatic carbocycles. The maximum absolute atomic E-state index is 12.6. The standard InChI is InChI=1S/C47H91O10P/c1-3-5-7-9-11-13-15-17-19-21-22-23-25-26-28-30-32-34-36-38-46(50)54-42-45(43-56-58(52,53)55-41-44(49)40-48)57-47(51)39-37-35-33-31-29-27-24-20-18-16-14-12-10-8-6-4-2/h20,24,44-45,48-49H,3-19,21-23,25-43H2,1-2H3,(H,52,53)/b24-20-/t44-,45+/m0/s1. The van der Waals surface area contributed by atoms with Gasteiger partial charge in [-0.3, -0.25) is 18.6 Å². The van der Waals surface area contributed by atoms with Crippen LogP contribution in [0.4, 0.5) is 0 Å². The van der Waals surface area contributed by atoms with Gasteiger partial charge in [0.15, 0.2) is 6.10 Å². The molecule has 58 heavy (non-hydrogen) atoms. The molecule has 11 heteroatoms. The summed E-state index contributed by atoms with van der Waals surface area (Å²) in [4.78, 5) is 35.1. The predicted octanol–water partition coefficient (Wildman–Crippen LogP) is 13.2. The van der Waals surface area contributed by atoms with Crippen molar-refractivity contribution in [1.82, 2.24) is 0 Å². The Balaban J connectivity index is 4.19. The first-order valence-electron chi connectivity index (χ1n) is 24.1. The van der Waals surface area contributed by atoms with E-state index in [-0.39, 0.29) is 19.4 Å². The van der Waals surface area contributed by atoms with Gasteiger partial charge in [0.05, 0.1) is 19.8 Å². The summed E-state index contributed by atoms with van der Waals surface area (Å²) in [7, 11) is -4.62. The van der Waals surface area contributed by atoms with Crippen LogP contribution in [0.3, 0.4) is 0 Å². The summed E-state index contributed by atoms with van der Waals surface area (Å²) in [6.45, 7) is 2.41. The Morgan fingerprint density at radius 2 is 0.845 bits per heavy atom. The fourth-order valence-electron chi connectivity index (χ4n) is 6.93. The number of hydrogen-bond acceptors (Lipinski definition) is 9. The van der Waals surface area contributed by atoms with Gasteiger partial charge in [-0.1, -0.05) is 199 Å². The van der Waals surface area contributed by atoms with Crippen molar-refractivity contribution < 1.29 is 47.8 Å². The molecule has 0 aromatic rings. The normalized spacial score (nSPS) is 13.8. The molecule has 1 unspecified atom stereocenters. The minimum Gasteiger partial charge on any atom is -0.462 e. The van der Waals surface area contributed by atoms with E-state index >= 15 is 0 Å². The Bertz CT molecular complexity index is 977. The molecular formula is C47H91O10P. The summed E-state index contributed by atoms with van der Waals surface area (Å²) >= 11 is 0. The number of rotatable bonds is 46. The average Bonchev–Trinajstić information content (AvgIpc) is 3.21. The number of esters is 2. The van der Waals surface area contributed by atoms with Crippen molar-refractivity contribution in [2.75, 3.05) is 26.4 Å². The molecule has 0 saturated heterocycles. The first kappa shape index (κ1) is 56.7. The Labute approximate surface area is 356 Å². The second-order valence-corrected chi connectivity index (χ2v) is 17.9. The summed E-state index contributed by atoms with van der Waals surface area (Å²) in [5, 5.41) is 18.4. The van der Waals surface area contributed by atoms with Gasteiger partial charge in [0.25, 0.3) is 0 Å². The lowest BCUT2D eigenvalue weighted by atomic mass is 10.0. The zero-order chi connectivity index (χ0) is 42.6. The van der Waals surface area contributed by atoms with E-state index in [0.717, 1.165) is 57.8 Å². The lowest BCUT2D eigenvalue weighted by molar-refractivity contribution is -0.161. The van der Waals surface area contributed by atoms with Crippen LogP contribution in [0.1, 0.15) is 239 Å². The Morgan fingerprint density at radius 1 is 0.500 bits per heavy atom. The predicted molar refractivity (Wildman–Crippen MR) is 238 cm³/mol. The van der Waals surface area contributed by atoms with Gasteiger partial charge in [-0.15, -0.1) is 0 Å². The van der Waals surface area contributed by atoms with E-state index in [0.29, 0.717) is 12.8 Å². The van der Waals surface area contributed by atoms with E-state index in [4.69, 9.17) is 23.6 Å². The summed E-state index contributed by atoms with van der Waals surface area (Å²) in [6.07, 6.45) is 43.2. The average molecular weight is 847 g/mol. The lowest BCUT2D eigenvalue weighted by Crippen LogP contribution is -2.29. The highest BCUT2D eigenvalue weighted by atomic mass is 31.2. The van der Waals surface area contributed by atoms with E-state index in [1.54, 1.807) is 0 Å². The van der Waals surface area contributed by atoms with E-state index in [2.05, 4.69) is 26.0 Å². The number of aliphatic hydroxyl groups excluding tert-OH is 2. The number of aliphatic hydroxyl groups is 2. The highest BCUT2D eigenvalue weighted by Gasteiger charge is 2.27. The molecule has 3 N–H and O–H groups in total. The molecular weight excluding hydrogens is 755 g/mol. The van der Waals surface area contributed by atoms with Gasteiger partial charge >= 0.3 is 19.8 Å². The van der Waals surface area contributed by atoms with Gasteiger partial charge in [0, 0.05) is 12.8 Å². The molecule has 0 amide bonds. The molecule has 0 aliphatic rings. The molecule has 0 spiro atoms. The van der Waals surface area contributed by atoms with Gasteiger partial charge in [-0.2, -0.15) is 0 Å². The van der Waals surface area contributed by atoms with Crippen LogP contribution in [-0.4, -0.2) is 65.7 Å². The van der Waals surface area contributed by atoms with Crippen molar-refractivity contribution >= 4 is 19.8 Å². The molecule has 0 radical (unpaired) electrons. The minimum absolute atomic E-state index is 0.179. The van der Waals surface area contributed by atoms with Crippen LogP contribution in [0.15, 0.2) is 12.2 Å². The molecule has 0 fully saturated rings. The van der Waals surface area contributed by atoms with Crippen LogP contribution in [-0.2, 0) is 32.7 Å². The number of hydrogen-bond donors (Lipinski definition) is 3. The van der Waals surface area contributed by atoms with Gasteiger partial charge < -0.3 is 24.6 Å². The first-order valence-corrected chi connectivity index (χ1v) is 25.6. The molecule has 0 heterocycles. The molecule has 0 rings (SSSR count). The zero-order valence-corrected chi connectivity index (χ0v) is 38.4. The highest BCUT2D eigenvalue weighted by molar-refractivity contribution is 7.47. The molecule has 344 valence electrons. The van der Waals surface area contributed by atoms with Gasteiger partial charge in [0.2, 0.25) is 0 Å². The minimum atomic E-state index is -4.62. The number of carbonyl (C=O) groups is 2. The summed E-state index contributed by atoms with van der Waals surface area (Å²) < 4.78 is 32.8. The number of ether oxygens (including phenoxy) is 2. The van der Waals surface area contributed by atoms with Crippen LogP contribution in [0.25, 0.3) is 0 Å². The Morgan fingerprint density at radius 3 is 1.24 bits per heavy atom. The van der Waals surface area contributed by atoms with Gasteiger partial charge in [-0.05, 0) is 38.5 Å². The van der Waals surface area contributed by atoms with Crippen molar-refractivity contribution in [1.29, 1.82) is 0 Å². The monoisotopic (exact) mass is 847 g/mol. The van der Waals surface area contributed by atoms with Crippen LogP contribution in [0.5, 0.6) is 0 Å². The third kappa shape index (κ3) is 42.8. The van der Waals surface area contributed by atoms with Crippen LogP contribution in [0, 0.1) is 0 Å². The summed E-state index contributed by atoms with van der Waals surface area (Å²) in [6, 6.07) is 0. The summed E-state index contributed by atoms with van der Waals surface area (Å²) in [5.74, 6) is -0.920. The van der Waals surface area contributed by atoms with Crippen LogP contribution < -0.4 is 0 Å². The molecule has 0 saturated carbocycles. The fraction of sp³-hybridized carbons (Fsp3) is 0.915. The summed E-state index contributed by atoms with van der Waals surface area (Å²) in [5.41, 5.74) is 0. The van der Waals surface area contributed by atoms with Crippen molar-refractivity contribution in [2.45, 2.75) is 251 Å². The van der Waals surface area contributed by atoms with Gasteiger partial charge in [0.1, 0.15) is 12.7 Å². The largest absolute Gasteiger partial charge is 0.472 e. The van der Waals surface area contributed by atoms with E-state index < -0.39 is 51.8 Å². The SMILES string of the molecule is CCCCCCCCC/C=C\CCCCCCCC(=O)O[C@H](COC(=O)CCCCCCCCCCCCCCCCCCCCC)COP(=O)(O)OC[C@@H](O)CO. The van der Waals surface area contributed by atoms with Crippen LogP contribution in [0.2, 0.25) is 0 Å². The van der Waals surface area contributed by atoms with E-state index in [9.17, 15) is 24.2 Å². The van der Waals surface area contributed by atoms with E-state index in [1.807, 2.05) is 0 Å². The lowest BCUT2D eigenvalue weighted by Gasteiger charge is -2.20. The van der Waals surface area contributed by atoms with Crippen LogP contribution >= 0.6 is 7.82 Å². The Kier molecular flexibility index (Phi) is 42.8. The smallest absolute Gasteiger partial charge is 0.462 e. The molecule has 0 aliphatic heterocycles. The maximum Gasteiger partial charge on any atom is 0.472 e. The molecule has 0 aromatic carbocycles. The number of phosphoric ester groups is 1. The molecule has 10 nitrogen and oxygen atoms in total. The number of allylic oxidation sites excluding steroid dienone is 2. The topological polar surface area (TPSA) is 149 Å². The van der Waals surface area contributed by atoms with Crippen molar-refractivity contribution in [3.63, 3.8) is 0 Å². The quantitative estimate of drug-likeness (QED) is 0.0234. The molecule has 0 bridgehead atoms. The fourth-order valence-corrected chi connectivity index (χ4v) is 7.72. The third-order valence-electron chi connectivity index (χ3n) is 10.7. The van der Waals surface area contributed by atoms with E-state index in [1.165, 1.54) is 141 Å². The van der Waals surface area contributed by atoms with Crippen molar-refractivity contribution in [3.05, 3.63) is 12.2 Å². The van der Waals surface area contributed by atoms with Crippen molar-refractivity contribution in [2.24, 2.45) is 0 Å². The van der Waals surface area contributed by atoms with Crippen molar-refractivity contribution in [3.8, 4) is 0 Å². The highest BCUT2D eigenvalue weighted by Crippen LogP contribution is 2.43. The molecule has 3 atom stereocenters. The number of phosphoric acid groups is 1.